The van der Waals surface area contributed by atoms with Crippen molar-refractivity contribution in [1.82, 2.24) is 24.5 Å². The number of hydrogen-bond acceptors (Lipinski definition) is 5. The SMILES string of the molecule is NCCn1cc(C(=O)Nc2cnc3n2CCCC3)nn1. The van der Waals surface area contributed by atoms with E-state index < -0.39 is 0 Å². The Kier molecular flexibility index (Phi) is 3.46. The summed E-state index contributed by atoms with van der Waals surface area (Å²) < 4.78 is 3.60. The van der Waals surface area contributed by atoms with Gasteiger partial charge in [0.1, 0.15) is 11.6 Å². The van der Waals surface area contributed by atoms with Gasteiger partial charge in [0, 0.05) is 19.5 Å². The van der Waals surface area contributed by atoms with Gasteiger partial charge in [-0.1, -0.05) is 5.21 Å². The summed E-state index contributed by atoms with van der Waals surface area (Å²) in [6.45, 7) is 1.90. The molecule has 1 aliphatic heterocycles. The summed E-state index contributed by atoms with van der Waals surface area (Å²) in [7, 11) is 0. The quantitative estimate of drug-likeness (QED) is 0.818. The lowest BCUT2D eigenvalue weighted by Gasteiger charge is -2.16. The second kappa shape index (κ2) is 5.41. The Morgan fingerprint density at radius 2 is 2.35 bits per heavy atom. The summed E-state index contributed by atoms with van der Waals surface area (Å²) in [6.07, 6.45) is 6.51. The fourth-order valence-corrected chi connectivity index (χ4v) is 2.34. The molecule has 3 heterocycles. The second-order valence-electron chi connectivity index (χ2n) is 4.78. The molecule has 8 nitrogen and oxygen atoms in total. The number of nitrogens with one attached hydrogen (secondary N) is 1. The summed E-state index contributed by atoms with van der Waals surface area (Å²) in [5, 5.41) is 10.5. The predicted octanol–water partition coefficient (Wildman–Crippen LogP) is 0.0219. The molecule has 20 heavy (non-hydrogen) atoms. The monoisotopic (exact) mass is 275 g/mol. The number of aryl methyl sites for hydroxylation is 1. The van der Waals surface area contributed by atoms with Crippen LogP contribution in [0, 0.1) is 0 Å². The zero-order chi connectivity index (χ0) is 13.9. The van der Waals surface area contributed by atoms with Gasteiger partial charge in [0.05, 0.1) is 18.9 Å². The number of aromatic nitrogens is 5. The van der Waals surface area contributed by atoms with Crippen molar-refractivity contribution < 1.29 is 4.79 Å². The van der Waals surface area contributed by atoms with Gasteiger partial charge in [-0.3, -0.25) is 9.48 Å². The number of carbonyl (C=O) groups excluding carboxylic acids is 1. The number of carbonyl (C=O) groups is 1. The smallest absolute Gasteiger partial charge is 0.278 e. The van der Waals surface area contributed by atoms with Gasteiger partial charge in [0.2, 0.25) is 0 Å². The zero-order valence-corrected chi connectivity index (χ0v) is 11.1. The van der Waals surface area contributed by atoms with Crippen LogP contribution in [0.5, 0.6) is 0 Å². The predicted molar refractivity (Wildman–Crippen MR) is 72.2 cm³/mol. The van der Waals surface area contributed by atoms with Crippen molar-refractivity contribution in [1.29, 1.82) is 0 Å². The molecular formula is C12H17N7O. The van der Waals surface area contributed by atoms with Gasteiger partial charge < -0.3 is 15.6 Å². The van der Waals surface area contributed by atoms with Gasteiger partial charge in [0.15, 0.2) is 5.69 Å². The molecule has 0 fully saturated rings. The third kappa shape index (κ3) is 2.42. The first-order chi connectivity index (χ1) is 9.78. The highest BCUT2D eigenvalue weighted by Crippen LogP contribution is 2.19. The number of amides is 1. The van der Waals surface area contributed by atoms with E-state index in [1.807, 2.05) is 4.57 Å². The number of rotatable bonds is 4. The zero-order valence-electron chi connectivity index (χ0n) is 11.1. The average molecular weight is 275 g/mol. The highest BCUT2D eigenvalue weighted by molar-refractivity contribution is 6.02. The van der Waals surface area contributed by atoms with Crippen LogP contribution < -0.4 is 11.1 Å². The highest BCUT2D eigenvalue weighted by Gasteiger charge is 2.17. The first-order valence-electron chi connectivity index (χ1n) is 6.74. The first kappa shape index (κ1) is 12.8. The molecule has 8 heteroatoms. The fourth-order valence-electron chi connectivity index (χ4n) is 2.34. The number of anilines is 1. The summed E-state index contributed by atoms with van der Waals surface area (Å²) in [4.78, 5) is 16.4. The van der Waals surface area contributed by atoms with Crippen LogP contribution >= 0.6 is 0 Å². The van der Waals surface area contributed by atoms with E-state index in [2.05, 4.69) is 20.6 Å². The minimum absolute atomic E-state index is 0.276. The Labute approximate surface area is 116 Å². The Morgan fingerprint density at radius 1 is 1.45 bits per heavy atom. The van der Waals surface area contributed by atoms with Gasteiger partial charge in [-0.2, -0.15) is 0 Å². The minimum atomic E-state index is -0.276. The molecule has 106 valence electrons. The van der Waals surface area contributed by atoms with Gasteiger partial charge in [-0.05, 0) is 12.8 Å². The lowest BCUT2D eigenvalue weighted by molar-refractivity contribution is 0.102. The molecule has 0 radical (unpaired) electrons. The van der Waals surface area contributed by atoms with E-state index in [0.29, 0.717) is 13.1 Å². The topological polar surface area (TPSA) is 104 Å². The van der Waals surface area contributed by atoms with Crippen molar-refractivity contribution in [3.63, 3.8) is 0 Å². The van der Waals surface area contributed by atoms with E-state index in [9.17, 15) is 4.79 Å². The van der Waals surface area contributed by atoms with Gasteiger partial charge in [-0.25, -0.2) is 4.98 Å². The lowest BCUT2D eigenvalue weighted by atomic mass is 10.2. The van der Waals surface area contributed by atoms with Crippen LogP contribution in [-0.2, 0) is 19.5 Å². The van der Waals surface area contributed by atoms with E-state index in [0.717, 1.165) is 37.4 Å². The maximum atomic E-state index is 12.1. The number of nitrogens with zero attached hydrogens (tertiary/aromatic N) is 5. The first-order valence-corrected chi connectivity index (χ1v) is 6.74. The average Bonchev–Trinajstić information content (AvgIpc) is 3.07. The van der Waals surface area contributed by atoms with Crippen LogP contribution in [0.4, 0.5) is 5.82 Å². The Balaban J connectivity index is 1.73. The van der Waals surface area contributed by atoms with Crippen molar-refractivity contribution in [3.8, 4) is 0 Å². The van der Waals surface area contributed by atoms with Gasteiger partial charge >= 0.3 is 0 Å². The maximum absolute atomic E-state index is 12.1. The molecule has 0 aromatic carbocycles. The van der Waals surface area contributed by atoms with Crippen LogP contribution in [0.25, 0.3) is 0 Å². The van der Waals surface area contributed by atoms with E-state index in [-0.39, 0.29) is 11.6 Å². The summed E-state index contributed by atoms with van der Waals surface area (Å²) in [6, 6.07) is 0. The molecule has 2 aromatic rings. The molecule has 1 aliphatic rings. The van der Waals surface area contributed by atoms with Crippen LogP contribution in [0.1, 0.15) is 29.2 Å². The van der Waals surface area contributed by atoms with Crippen LogP contribution in [-0.4, -0.2) is 37.0 Å². The molecule has 3 rings (SSSR count). The van der Waals surface area contributed by atoms with Crippen molar-refractivity contribution in [2.75, 3.05) is 11.9 Å². The van der Waals surface area contributed by atoms with Crippen LogP contribution in [0.15, 0.2) is 12.4 Å². The van der Waals surface area contributed by atoms with E-state index in [1.54, 1.807) is 17.1 Å². The van der Waals surface area contributed by atoms with Crippen LogP contribution in [0.2, 0.25) is 0 Å². The van der Waals surface area contributed by atoms with Crippen molar-refractivity contribution >= 4 is 11.7 Å². The van der Waals surface area contributed by atoms with E-state index in [1.165, 1.54) is 0 Å². The molecule has 3 N–H and O–H groups in total. The third-order valence-electron chi connectivity index (χ3n) is 3.34. The molecule has 0 saturated carbocycles. The molecule has 1 amide bonds. The normalized spacial score (nSPS) is 14.1. The largest absolute Gasteiger partial charge is 0.329 e. The maximum Gasteiger partial charge on any atom is 0.278 e. The summed E-state index contributed by atoms with van der Waals surface area (Å²) in [5.41, 5.74) is 5.71. The fraction of sp³-hybridized carbons (Fsp3) is 0.500. The summed E-state index contributed by atoms with van der Waals surface area (Å²) in [5.74, 6) is 1.47. The Morgan fingerprint density at radius 3 is 3.20 bits per heavy atom. The van der Waals surface area contributed by atoms with Crippen molar-refractivity contribution in [2.45, 2.75) is 32.4 Å². The van der Waals surface area contributed by atoms with Gasteiger partial charge in [0.25, 0.3) is 5.91 Å². The van der Waals surface area contributed by atoms with E-state index in [4.69, 9.17) is 5.73 Å². The number of nitrogens with two attached hydrogens (primary N) is 1. The molecule has 0 bridgehead atoms. The van der Waals surface area contributed by atoms with Crippen molar-refractivity contribution in [3.05, 3.63) is 23.9 Å². The molecule has 0 saturated heterocycles. The Bertz CT molecular complexity index is 615. The summed E-state index contributed by atoms with van der Waals surface area (Å²) >= 11 is 0. The molecule has 0 aliphatic carbocycles. The molecule has 0 unspecified atom stereocenters. The molecule has 0 atom stereocenters. The number of hydrogen-bond donors (Lipinski definition) is 2. The Hall–Kier alpha value is -2.22. The molecule has 2 aromatic heterocycles. The van der Waals surface area contributed by atoms with Crippen molar-refractivity contribution in [2.24, 2.45) is 5.73 Å². The lowest BCUT2D eigenvalue weighted by Crippen LogP contribution is -2.18. The molecule has 0 spiro atoms. The van der Waals surface area contributed by atoms with Crippen LogP contribution in [0.3, 0.4) is 0 Å². The minimum Gasteiger partial charge on any atom is -0.329 e. The third-order valence-corrected chi connectivity index (χ3v) is 3.34. The highest BCUT2D eigenvalue weighted by atomic mass is 16.2. The standard InChI is InChI=1S/C12H17N7O/c13-4-6-18-8-9(16-17-18)12(20)15-11-7-14-10-3-1-2-5-19(10)11/h7-8H,1-6,13H2,(H,15,20). The van der Waals surface area contributed by atoms with E-state index >= 15 is 0 Å². The van der Waals surface area contributed by atoms with Gasteiger partial charge in [-0.15, -0.1) is 5.10 Å². The second-order valence-corrected chi connectivity index (χ2v) is 4.78. The molecular weight excluding hydrogens is 258 g/mol. The number of fused-ring (bicyclic) bond motifs is 1. The number of imidazole rings is 1.